The van der Waals surface area contributed by atoms with Gasteiger partial charge in [0, 0.05) is 12.6 Å². The van der Waals surface area contributed by atoms with Crippen LogP contribution in [-0.4, -0.2) is 25.7 Å². The van der Waals surface area contributed by atoms with Crippen molar-refractivity contribution in [3.8, 4) is 0 Å². The summed E-state index contributed by atoms with van der Waals surface area (Å²) in [4.78, 5) is 0. The lowest BCUT2D eigenvalue weighted by molar-refractivity contribution is 0.164. The fourth-order valence-corrected chi connectivity index (χ4v) is 3.97. The van der Waals surface area contributed by atoms with Gasteiger partial charge < -0.3 is 10.6 Å². The average molecular weight is 250 g/mol. The number of piperidine rings is 1. The minimum atomic E-state index is 0.613. The van der Waals surface area contributed by atoms with Gasteiger partial charge in [-0.1, -0.05) is 13.3 Å². The molecule has 0 bridgehead atoms. The Morgan fingerprint density at radius 3 is 2.22 bits per heavy atom. The molecule has 18 heavy (non-hydrogen) atoms. The largest absolute Gasteiger partial charge is 0.317 e. The van der Waals surface area contributed by atoms with E-state index in [4.69, 9.17) is 0 Å². The van der Waals surface area contributed by atoms with Crippen LogP contribution >= 0.6 is 0 Å². The summed E-state index contributed by atoms with van der Waals surface area (Å²) in [6.07, 6.45) is 11.5. The molecule has 1 aliphatic heterocycles. The molecule has 3 aliphatic rings. The molecule has 104 valence electrons. The van der Waals surface area contributed by atoms with Crippen molar-refractivity contribution in [1.82, 2.24) is 10.6 Å². The smallest absolute Gasteiger partial charge is 0.0124 e. The minimum Gasteiger partial charge on any atom is -0.317 e. The summed E-state index contributed by atoms with van der Waals surface area (Å²) in [6.45, 7) is 6.11. The van der Waals surface area contributed by atoms with Gasteiger partial charge in [0.1, 0.15) is 0 Å². The highest BCUT2D eigenvalue weighted by molar-refractivity contribution is 4.98. The Morgan fingerprint density at radius 1 is 1.11 bits per heavy atom. The average Bonchev–Trinajstić information content (AvgIpc) is 3.25. The molecule has 2 nitrogen and oxygen atoms in total. The summed E-state index contributed by atoms with van der Waals surface area (Å²) < 4.78 is 0. The third-order valence-electron chi connectivity index (χ3n) is 5.42. The molecule has 0 aromatic carbocycles. The van der Waals surface area contributed by atoms with Crippen molar-refractivity contribution >= 4 is 0 Å². The number of hydrogen-bond acceptors (Lipinski definition) is 2. The molecule has 2 saturated carbocycles. The highest BCUT2D eigenvalue weighted by atomic mass is 15.0. The van der Waals surface area contributed by atoms with E-state index in [2.05, 4.69) is 17.6 Å². The third-order valence-corrected chi connectivity index (χ3v) is 5.42. The van der Waals surface area contributed by atoms with E-state index >= 15 is 0 Å². The quantitative estimate of drug-likeness (QED) is 0.726. The van der Waals surface area contributed by atoms with Gasteiger partial charge >= 0.3 is 0 Å². The fourth-order valence-electron chi connectivity index (χ4n) is 3.97. The van der Waals surface area contributed by atoms with Gasteiger partial charge in [0.2, 0.25) is 0 Å². The van der Waals surface area contributed by atoms with Crippen molar-refractivity contribution in [2.24, 2.45) is 17.3 Å². The molecule has 1 saturated heterocycles. The van der Waals surface area contributed by atoms with Crippen LogP contribution in [0.15, 0.2) is 0 Å². The number of rotatable bonds is 7. The van der Waals surface area contributed by atoms with Gasteiger partial charge in [-0.05, 0) is 75.3 Å². The van der Waals surface area contributed by atoms with Crippen LogP contribution in [-0.2, 0) is 0 Å². The van der Waals surface area contributed by atoms with Gasteiger partial charge in [-0.15, -0.1) is 0 Å². The van der Waals surface area contributed by atoms with Crippen molar-refractivity contribution < 1.29 is 0 Å². The van der Waals surface area contributed by atoms with Crippen molar-refractivity contribution in [1.29, 1.82) is 0 Å². The first kappa shape index (κ1) is 12.9. The lowest BCUT2D eigenvalue weighted by atomic mass is 9.75. The molecular weight excluding hydrogens is 220 g/mol. The van der Waals surface area contributed by atoms with E-state index in [0.717, 1.165) is 17.9 Å². The van der Waals surface area contributed by atoms with Crippen molar-refractivity contribution in [3.05, 3.63) is 0 Å². The summed E-state index contributed by atoms with van der Waals surface area (Å²) in [6, 6.07) is 0.883. The molecule has 2 aliphatic carbocycles. The summed E-state index contributed by atoms with van der Waals surface area (Å²) in [5, 5.41) is 7.54. The molecule has 0 atom stereocenters. The predicted octanol–water partition coefficient (Wildman–Crippen LogP) is 2.93. The fraction of sp³-hybridized carbons (Fsp3) is 1.00. The van der Waals surface area contributed by atoms with E-state index in [9.17, 15) is 0 Å². The first-order chi connectivity index (χ1) is 8.83. The summed E-state index contributed by atoms with van der Waals surface area (Å²) >= 11 is 0. The van der Waals surface area contributed by atoms with Crippen molar-refractivity contribution in [3.63, 3.8) is 0 Å². The predicted molar refractivity (Wildman–Crippen MR) is 76.7 cm³/mol. The zero-order valence-corrected chi connectivity index (χ0v) is 12.0. The molecule has 0 amide bonds. The Bertz CT molecular complexity index is 245. The normalized spacial score (nSPS) is 27.7. The maximum Gasteiger partial charge on any atom is 0.0124 e. The summed E-state index contributed by atoms with van der Waals surface area (Å²) in [5.41, 5.74) is 0.613. The zero-order chi connectivity index (χ0) is 12.4. The summed E-state index contributed by atoms with van der Waals surface area (Å²) in [5.74, 6) is 2.08. The lowest BCUT2D eigenvalue weighted by Crippen LogP contribution is -2.46. The van der Waals surface area contributed by atoms with Gasteiger partial charge in [-0.3, -0.25) is 0 Å². The maximum atomic E-state index is 4.01. The second kappa shape index (κ2) is 5.50. The summed E-state index contributed by atoms with van der Waals surface area (Å²) in [7, 11) is 0. The molecular formula is C16H30N2. The Balaban J connectivity index is 1.54. The van der Waals surface area contributed by atoms with E-state index in [0.29, 0.717) is 5.41 Å². The van der Waals surface area contributed by atoms with E-state index in [1.165, 1.54) is 71.0 Å². The van der Waals surface area contributed by atoms with Gasteiger partial charge in [0.05, 0.1) is 0 Å². The topological polar surface area (TPSA) is 24.1 Å². The van der Waals surface area contributed by atoms with Crippen LogP contribution < -0.4 is 10.6 Å². The van der Waals surface area contributed by atoms with Crippen LogP contribution in [0.3, 0.4) is 0 Å². The third kappa shape index (κ3) is 3.08. The molecule has 3 fully saturated rings. The molecule has 0 radical (unpaired) electrons. The molecule has 0 aromatic rings. The highest BCUT2D eigenvalue weighted by Gasteiger charge is 2.42. The van der Waals surface area contributed by atoms with E-state index < -0.39 is 0 Å². The second-order valence-corrected chi connectivity index (χ2v) is 7.08. The molecule has 0 unspecified atom stereocenters. The van der Waals surface area contributed by atoms with E-state index in [-0.39, 0.29) is 0 Å². The Labute approximate surface area is 112 Å². The maximum absolute atomic E-state index is 4.01. The Kier molecular flexibility index (Phi) is 3.95. The van der Waals surface area contributed by atoms with Crippen LogP contribution in [0, 0.1) is 17.3 Å². The van der Waals surface area contributed by atoms with Gasteiger partial charge in [0.15, 0.2) is 0 Å². The zero-order valence-electron chi connectivity index (χ0n) is 12.0. The monoisotopic (exact) mass is 250 g/mol. The first-order valence-corrected chi connectivity index (χ1v) is 8.27. The molecule has 0 spiro atoms. The van der Waals surface area contributed by atoms with Gasteiger partial charge in [-0.25, -0.2) is 0 Å². The minimum absolute atomic E-state index is 0.613. The SMILES string of the molecule is CCCC1(CNC(C2CC2)C2CC2)CCNCC1. The molecule has 2 N–H and O–H groups in total. The number of nitrogens with one attached hydrogen (secondary N) is 2. The van der Waals surface area contributed by atoms with Gasteiger partial charge in [0.25, 0.3) is 0 Å². The Morgan fingerprint density at radius 2 is 1.72 bits per heavy atom. The highest BCUT2D eigenvalue weighted by Crippen LogP contribution is 2.45. The first-order valence-electron chi connectivity index (χ1n) is 8.27. The van der Waals surface area contributed by atoms with Crippen LogP contribution in [0.2, 0.25) is 0 Å². The molecule has 3 rings (SSSR count). The van der Waals surface area contributed by atoms with Crippen LogP contribution in [0.1, 0.15) is 58.3 Å². The standard InChI is InChI=1S/C16H30N2/c1-2-7-16(8-10-17-11-9-16)12-18-15(13-3-4-13)14-5-6-14/h13-15,17-18H,2-12H2,1H3. The van der Waals surface area contributed by atoms with Crippen molar-refractivity contribution in [2.45, 2.75) is 64.3 Å². The van der Waals surface area contributed by atoms with Crippen molar-refractivity contribution in [2.75, 3.05) is 19.6 Å². The number of hydrogen-bond donors (Lipinski definition) is 2. The van der Waals surface area contributed by atoms with E-state index in [1.807, 2.05) is 0 Å². The molecule has 0 aromatic heterocycles. The van der Waals surface area contributed by atoms with Crippen LogP contribution in [0.5, 0.6) is 0 Å². The molecule has 2 heteroatoms. The Hall–Kier alpha value is -0.0800. The molecule has 1 heterocycles. The second-order valence-electron chi connectivity index (χ2n) is 7.08. The van der Waals surface area contributed by atoms with Crippen LogP contribution in [0.25, 0.3) is 0 Å². The van der Waals surface area contributed by atoms with Gasteiger partial charge in [-0.2, -0.15) is 0 Å². The van der Waals surface area contributed by atoms with E-state index in [1.54, 1.807) is 0 Å². The lowest BCUT2D eigenvalue weighted by Gasteiger charge is -2.39. The van der Waals surface area contributed by atoms with Crippen LogP contribution in [0.4, 0.5) is 0 Å².